The van der Waals surface area contributed by atoms with E-state index in [-0.39, 0.29) is 5.91 Å². The van der Waals surface area contributed by atoms with Gasteiger partial charge in [-0.25, -0.2) is 4.68 Å². The molecule has 1 aromatic carbocycles. The van der Waals surface area contributed by atoms with Crippen molar-refractivity contribution in [3.8, 4) is 5.75 Å². The molecule has 1 saturated carbocycles. The number of aromatic nitrogens is 4. The van der Waals surface area contributed by atoms with Crippen LogP contribution in [0.4, 0.5) is 0 Å². The lowest BCUT2D eigenvalue weighted by Gasteiger charge is -2.22. The monoisotopic (exact) mass is 415 g/mol. The van der Waals surface area contributed by atoms with Gasteiger partial charge in [0, 0.05) is 17.5 Å². The largest absolute Gasteiger partial charge is 0.497 e. The number of carbonyl (C=O) groups is 1. The summed E-state index contributed by atoms with van der Waals surface area (Å²) in [4.78, 5) is 16.0. The van der Waals surface area contributed by atoms with Gasteiger partial charge in [0.2, 0.25) is 11.1 Å². The first-order chi connectivity index (χ1) is 13.7. The van der Waals surface area contributed by atoms with Gasteiger partial charge in [-0.05, 0) is 52.4 Å². The SMILES string of the molecule is COc1ccc(CN(C(=O)CSc2nnnn2Cc2cccs2)C2CC2)cc1. The maximum atomic E-state index is 12.9. The molecule has 0 bridgehead atoms. The highest BCUT2D eigenvalue weighted by atomic mass is 32.2. The molecule has 0 aliphatic heterocycles. The molecule has 0 radical (unpaired) electrons. The van der Waals surface area contributed by atoms with Crippen LogP contribution in [-0.4, -0.2) is 49.9 Å². The second-order valence-electron chi connectivity index (χ2n) is 6.59. The fourth-order valence-electron chi connectivity index (χ4n) is 2.89. The predicted molar refractivity (Wildman–Crippen MR) is 109 cm³/mol. The summed E-state index contributed by atoms with van der Waals surface area (Å²) in [5, 5.41) is 14.6. The van der Waals surface area contributed by atoms with E-state index in [2.05, 4.69) is 21.6 Å². The van der Waals surface area contributed by atoms with E-state index >= 15 is 0 Å². The number of thioether (sulfide) groups is 1. The Labute approximate surface area is 171 Å². The lowest BCUT2D eigenvalue weighted by molar-refractivity contribution is -0.129. The third kappa shape index (κ3) is 4.71. The smallest absolute Gasteiger partial charge is 0.233 e. The highest BCUT2D eigenvalue weighted by Crippen LogP contribution is 2.30. The van der Waals surface area contributed by atoms with E-state index in [0.29, 0.717) is 30.0 Å². The Hall–Kier alpha value is -2.39. The lowest BCUT2D eigenvalue weighted by Crippen LogP contribution is -2.34. The maximum absolute atomic E-state index is 12.9. The van der Waals surface area contributed by atoms with Crippen LogP contribution in [0.5, 0.6) is 5.75 Å². The molecular formula is C19H21N5O2S2. The fraction of sp³-hybridized carbons (Fsp3) is 0.368. The molecule has 2 aromatic heterocycles. The Bertz CT molecular complexity index is 907. The van der Waals surface area contributed by atoms with Crippen molar-refractivity contribution < 1.29 is 9.53 Å². The molecule has 0 saturated heterocycles. The molecule has 1 aliphatic rings. The van der Waals surface area contributed by atoms with Crippen LogP contribution in [0.1, 0.15) is 23.3 Å². The number of ether oxygens (including phenoxy) is 1. The van der Waals surface area contributed by atoms with Crippen LogP contribution in [0, 0.1) is 0 Å². The van der Waals surface area contributed by atoms with Crippen LogP contribution >= 0.6 is 23.1 Å². The molecule has 146 valence electrons. The number of nitrogens with zero attached hydrogens (tertiary/aromatic N) is 5. The van der Waals surface area contributed by atoms with Crippen LogP contribution < -0.4 is 4.74 Å². The standard InChI is InChI=1S/C19H21N5O2S2/c1-26-16-8-4-14(5-9-16)11-23(15-6-7-15)18(25)13-28-19-20-21-22-24(19)12-17-3-2-10-27-17/h2-5,8-10,15H,6-7,11-13H2,1H3. The summed E-state index contributed by atoms with van der Waals surface area (Å²) in [7, 11) is 1.65. The molecule has 1 amide bonds. The van der Waals surface area contributed by atoms with Gasteiger partial charge in [-0.3, -0.25) is 4.79 Å². The second-order valence-corrected chi connectivity index (χ2v) is 8.56. The molecule has 1 aliphatic carbocycles. The van der Waals surface area contributed by atoms with Crippen molar-refractivity contribution in [3.63, 3.8) is 0 Å². The van der Waals surface area contributed by atoms with E-state index in [9.17, 15) is 4.79 Å². The van der Waals surface area contributed by atoms with Crippen LogP contribution in [0.2, 0.25) is 0 Å². The number of amides is 1. The number of methoxy groups -OCH3 is 1. The van der Waals surface area contributed by atoms with E-state index in [1.165, 1.54) is 16.6 Å². The van der Waals surface area contributed by atoms with E-state index in [4.69, 9.17) is 4.74 Å². The second kappa shape index (κ2) is 8.74. The van der Waals surface area contributed by atoms with Crippen molar-refractivity contribution >= 4 is 29.0 Å². The van der Waals surface area contributed by atoms with E-state index < -0.39 is 0 Å². The number of benzene rings is 1. The number of tetrazole rings is 1. The van der Waals surface area contributed by atoms with Crippen LogP contribution in [0.15, 0.2) is 46.9 Å². The Morgan fingerprint density at radius 3 is 2.82 bits per heavy atom. The molecule has 28 heavy (non-hydrogen) atoms. The molecule has 0 atom stereocenters. The minimum Gasteiger partial charge on any atom is -0.497 e. The zero-order valence-corrected chi connectivity index (χ0v) is 17.2. The van der Waals surface area contributed by atoms with E-state index in [0.717, 1.165) is 24.2 Å². The Morgan fingerprint density at radius 1 is 1.32 bits per heavy atom. The Kier molecular flexibility index (Phi) is 5.92. The average molecular weight is 416 g/mol. The summed E-state index contributed by atoms with van der Waals surface area (Å²) < 4.78 is 6.95. The molecule has 0 spiro atoms. The van der Waals surface area contributed by atoms with Crippen molar-refractivity contribution in [2.45, 2.75) is 37.1 Å². The summed E-state index contributed by atoms with van der Waals surface area (Å²) in [5.74, 6) is 1.27. The number of carbonyl (C=O) groups excluding carboxylic acids is 1. The summed E-state index contributed by atoms with van der Waals surface area (Å²) in [6.45, 7) is 1.24. The van der Waals surface area contributed by atoms with Gasteiger partial charge in [0.1, 0.15) is 5.75 Å². The third-order valence-electron chi connectivity index (χ3n) is 4.53. The first-order valence-electron chi connectivity index (χ1n) is 9.06. The van der Waals surface area contributed by atoms with Crippen molar-refractivity contribution in [2.24, 2.45) is 0 Å². The number of hydrogen-bond donors (Lipinski definition) is 0. The van der Waals surface area contributed by atoms with Crippen LogP contribution in [0.3, 0.4) is 0 Å². The minimum atomic E-state index is 0.119. The lowest BCUT2D eigenvalue weighted by atomic mass is 10.2. The summed E-state index contributed by atoms with van der Waals surface area (Å²) in [6.07, 6.45) is 2.14. The van der Waals surface area contributed by atoms with Crippen molar-refractivity contribution in [1.82, 2.24) is 25.1 Å². The highest BCUT2D eigenvalue weighted by Gasteiger charge is 2.32. The molecule has 0 unspecified atom stereocenters. The average Bonchev–Trinajstić information content (AvgIpc) is 3.24. The topological polar surface area (TPSA) is 73.1 Å². The van der Waals surface area contributed by atoms with Crippen molar-refractivity contribution in [3.05, 3.63) is 52.2 Å². The van der Waals surface area contributed by atoms with Gasteiger partial charge in [-0.1, -0.05) is 30.0 Å². The predicted octanol–water partition coefficient (Wildman–Crippen LogP) is 3.07. The molecule has 2 heterocycles. The fourth-order valence-corrected chi connectivity index (χ4v) is 4.34. The maximum Gasteiger partial charge on any atom is 0.233 e. The molecule has 3 aromatic rings. The number of rotatable bonds is 9. The van der Waals surface area contributed by atoms with Gasteiger partial charge in [-0.15, -0.1) is 16.4 Å². The van der Waals surface area contributed by atoms with Gasteiger partial charge in [0.05, 0.1) is 19.4 Å². The normalized spacial score (nSPS) is 13.5. The summed E-state index contributed by atoms with van der Waals surface area (Å²) >= 11 is 3.06. The quantitative estimate of drug-likeness (QED) is 0.500. The first kappa shape index (κ1) is 18.9. The molecular weight excluding hydrogens is 394 g/mol. The van der Waals surface area contributed by atoms with Gasteiger partial charge >= 0.3 is 0 Å². The van der Waals surface area contributed by atoms with E-state index in [1.54, 1.807) is 23.1 Å². The minimum absolute atomic E-state index is 0.119. The Morgan fingerprint density at radius 2 is 2.14 bits per heavy atom. The number of thiophene rings is 1. The first-order valence-corrected chi connectivity index (χ1v) is 10.9. The summed E-state index contributed by atoms with van der Waals surface area (Å²) in [5.41, 5.74) is 1.11. The third-order valence-corrected chi connectivity index (χ3v) is 6.33. The van der Waals surface area contributed by atoms with Crippen LogP contribution in [-0.2, 0) is 17.9 Å². The molecule has 1 fully saturated rings. The molecule has 7 nitrogen and oxygen atoms in total. The van der Waals surface area contributed by atoms with Crippen LogP contribution in [0.25, 0.3) is 0 Å². The van der Waals surface area contributed by atoms with Gasteiger partial charge in [-0.2, -0.15) is 0 Å². The Balaban J connectivity index is 1.37. The molecule has 9 heteroatoms. The van der Waals surface area contributed by atoms with Gasteiger partial charge in [0.15, 0.2) is 0 Å². The zero-order valence-electron chi connectivity index (χ0n) is 15.5. The number of hydrogen-bond acceptors (Lipinski definition) is 7. The molecule has 0 N–H and O–H groups in total. The van der Waals surface area contributed by atoms with Gasteiger partial charge < -0.3 is 9.64 Å². The van der Waals surface area contributed by atoms with Gasteiger partial charge in [0.25, 0.3) is 0 Å². The van der Waals surface area contributed by atoms with Crippen molar-refractivity contribution in [1.29, 1.82) is 0 Å². The summed E-state index contributed by atoms with van der Waals surface area (Å²) in [6, 6.07) is 12.3. The van der Waals surface area contributed by atoms with E-state index in [1.807, 2.05) is 40.6 Å². The zero-order chi connectivity index (χ0) is 19.3. The highest BCUT2D eigenvalue weighted by molar-refractivity contribution is 7.99. The molecule has 4 rings (SSSR count). The van der Waals surface area contributed by atoms with Crippen molar-refractivity contribution in [2.75, 3.05) is 12.9 Å².